The highest BCUT2D eigenvalue weighted by Gasteiger charge is 2.49. The van der Waals surface area contributed by atoms with Gasteiger partial charge in [0.25, 0.3) is 0 Å². The van der Waals surface area contributed by atoms with Crippen molar-refractivity contribution < 1.29 is 9.90 Å². The molecule has 0 radical (unpaired) electrons. The van der Waals surface area contributed by atoms with Gasteiger partial charge in [-0.1, -0.05) is 6.92 Å². The molecule has 0 aromatic rings. The summed E-state index contributed by atoms with van der Waals surface area (Å²) in [6.07, 6.45) is 1.78. The predicted molar refractivity (Wildman–Crippen MR) is 41.0 cm³/mol. The number of aliphatic hydroxyl groups is 1. The highest BCUT2D eigenvalue weighted by atomic mass is 16.3. The molecule has 2 fully saturated rings. The summed E-state index contributed by atoms with van der Waals surface area (Å²) in [5, 5.41) is 9.03. The number of carbonyl (C=O) groups excluding carboxylic acids is 1. The summed E-state index contributed by atoms with van der Waals surface area (Å²) in [5.74, 6) is 2.08. The van der Waals surface area contributed by atoms with Crippen LogP contribution in [-0.2, 0) is 4.79 Å². The smallest absolute Gasteiger partial charge is 0.136 e. The van der Waals surface area contributed by atoms with E-state index in [1.807, 2.05) is 0 Å². The quantitative estimate of drug-likeness (QED) is 0.607. The summed E-state index contributed by atoms with van der Waals surface area (Å²) in [5.41, 5.74) is 0. The fourth-order valence-electron chi connectivity index (χ4n) is 2.83. The zero-order valence-electron chi connectivity index (χ0n) is 6.79. The van der Waals surface area contributed by atoms with Crippen molar-refractivity contribution in [3.63, 3.8) is 0 Å². The van der Waals surface area contributed by atoms with Crippen LogP contribution in [0.15, 0.2) is 0 Å². The summed E-state index contributed by atoms with van der Waals surface area (Å²) in [7, 11) is 0. The van der Waals surface area contributed by atoms with Gasteiger partial charge in [-0.15, -0.1) is 0 Å². The molecule has 0 saturated heterocycles. The third-order valence-electron chi connectivity index (χ3n) is 3.56. The number of carbonyl (C=O) groups is 1. The number of ketones is 1. The number of aliphatic hydroxyl groups excluding tert-OH is 1. The van der Waals surface area contributed by atoms with Gasteiger partial charge in [0, 0.05) is 18.9 Å². The lowest BCUT2D eigenvalue weighted by molar-refractivity contribution is -0.124. The van der Waals surface area contributed by atoms with E-state index in [1.165, 1.54) is 0 Å². The second-order valence-corrected chi connectivity index (χ2v) is 3.98. The monoisotopic (exact) mass is 154 g/mol. The minimum absolute atomic E-state index is 0.273. The molecule has 2 aliphatic rings. The van der Waals surface area contributed by atoms with Crippen molar-refractivity contribution in [1.29, 1.82) is 0 Å². The van der Waals surface area contributed by atoms with Crippen molar-refractivity contribution in [2.45, 2.75) is 19.8 Å². The SMILES string of the molecule is CC1C2CC(CC2=O)C1CO. The Hall–Kier alpha value is -0.370. The Kier molecular flexibility index (Phi) is 1.53. The molecule has 0 amide bonds. The van der Waals surface area contributed by atoms with Crippen LogP contribution in [0.4, 0.5) is 0 Å². The van der Waals surface area contributed by atoms with E-state index in [0.29, 0.717) is 23.5 Å². The Labute approximate surface area is 66.6 Å². The minimum Gasteiger partial charge on any atom is -0.396 e. The van der Waals surface area contributed by atoms with Crippen LogP contribution in [0.5, 0.6) is 0 Å². The average Bonchev–Trinajstić information content (AvgIpc) is 2.44. The second kappa shape index (κ2) is 2.31. The van der Waals surface area contributed by atoms with E-state index >= 15 is 0 Å². The van der Waals surface area contributed by atoms with Crippen LogP contribution in [0.25, 0.3) is 0 Å². The van der Waals surface area contributed by atoms with Gasteiger partial charge in [-0.25, -0.2) is 0 Å². The van der Waals surface area contributed by atoms with E-state index in [-0.39, 0.29) is 12.5 Å². The lowest BCUT2D eigenvalue weighted by atomic mass is 9.80. The molecule has 0 aromatic heterocycles. The molecule has 1 N–H and O–H groups in total. The van der Waals surface area contributed by atoms with Crippen molar-refractivity contribution in [1.82, 2.24) is 0 Å². The molecule has 0 aromatic carbocycles. The van der Waals surface area contributed by atoms with Crippen LogP contribution in [0, 0.1) is 23.7 Å². The van der Waals surface area contributed by atoms with E-state index < -0.39 is 0 Å². The summed E-state index contributed by atoms with van der Waals surface area (Å²) >= 11 is 0. The zero-order chi connectivity index (χ0) is 8.01. The number of rotatable bonds is 1. The molecule has 4 atom stereocenters. The first-order valence-electron chi connectivity index (χ1n) is 4.37. The van der Waals surface area contributed by atoms with Crippen molar-refractivity contribution in [3.8, 4) is 0 Å². The molecule has 11 heavy (non-hydrogen) atoms. The standard InChI is InChI=1S/C9H14O2/c1-5-7-2-6(3-9(7)11)8(5)4-10/h5-8,10H,2-4H2,1H3. The van der Waals surface area contributed by atoms with E-state index in [1.54, 1.807) is 0 Å². The number of fused-ring (bicyclic) bond motifs is 2. The first-order valence-corrected chi connectivity index (χ1v) is 4.37. The highest BCUT2D eigenvalue weighted by Crippen LogP contribution is 2.49. The summed E-state index contributed by atoms with van der Waals surface area (Å²) < 4.78 is 0. The van der Waals surface area contributed by atoms with Gasteiger partial charge >= 0.3 is 0 Å². The van der Waals surface area contributed by atoms with Gasteiger partial charge in [0.15, 0.2) is 0 Å². The maximum atomic E-state index is 11.2. The van der Waals surface area contributed by atoms with Crippen molar-refractivity contribution in [3.05, 3.63) is 0 Å². The molecule has 2 saturated carbocycles. The topological polar surface area (TPSA) is 37.3 Å². The minimum atomic E-state index is 0.273. The van der Waals surface area contributed by atoms with E-state index in [4.69, 9.17) is 5.11 Å². The molecule has 0 aliphatic heterocycles. The largest absolute Gasteiger partial charge is 0.396 e. The molecule has 0 spiro atoms. The van der Waals surface area contributed by atoms with E-state index in [0.717, 1.165) is 12.8 Å². The highest BCUT2D eigenvalue weighted by molar-refractivity contribution is 5.84. The van der Waals surface area contributed by atoms with Crippen molar-refractivity contribution in [2.24, 2.45) is 23.7 Å². The van der Waals surface area contributed by atoms with Gasteiger partial charge in [-0.2, -0.15) is 0 Å². The Balaban J connectivity index is 2.17. The predicted octanol–water partition coefficient (Wildman–Crippen LogP) is 0.840. The molecule has 2 aliphatic carbocycles. The fraction of sp³-hybridized carbons (Fsp3) is 0.889. The molecular formula is C9H14O2. The Morgan fingerprint density at radius 3 is 2.82 bits per heavy atom. The van der Waals surface area contributed by atoms with Gasteiger partial charge in [-0.3, -0.25) is 4.79 Å². The average molecular weight is 154 g/mol. The van der Waals surface area contributed by atoms with Gasteiger partial charge in [-0.05, 0) is 24.2 Å². The van der Waals surface area contributed by atoms with Gasteiger partial charge in [0.1, 0.15) is 5.78 Å². The molecule has 0 heterocycles. The normalized spacial score (nSPS) is 48.7. The second-order valence-electron chi connectivity index (χ2n) is 3.98. The number of hydrogen-bond donors (Lipinski definition) is 1. The maximum absolute atomic E-state index is 11.2. The number of hydrogen-bond acceptors (Lipinski definition) is 2. The Morgan fingerprint density at radius 2 is 2.36 bits per heavy atom. The van der Waals surface area contributed by atoms with Gasteiger partial charge in [0.2, 0.25) is 0 Å². The van der Waals surface area contributed by atoms with Crippen molar-refractivity contribution >= 4 is 5.78 Å². The summed E-state index contributed by atoms with van der Waals surface area (Å²) in [6, 6.07) is 0. The lowest BCUT2D eigenvalue weighted by Gasteiger charge is -2.25. The van der Waals surface area contributed by atoms with E-state index in [2.05, 4.69) is 6.92 Å². The van der Waals surface area contributed by atoms with Crippen LogP contribution in [-0.4, -0.2) is 17.5 Å². The van der Waals surface area contributed by atoms with E-state index in [9.17, 15) is 4.79 Å². The fourth-order valence-corrected chi connectivity index (χ4v) is 2.83. The third-order valence-corrected chi connectivity index (χ3v) is 3.56. The van der Waals surface area contributed by atoms with Gasteiger partial charge < -0.3 is 5.11 Å². The summed E-state index contributed by atoms with van der Waals surface area (Å²) in [6.45, 7) is 2.37. The van der Waals surface area contributed by atoms with Gasteiger partial charge in [0.05, 0.1) is 0 Å². The Morgan fingerprint density at radius 1 is 1.64 bits per heavy atom. The molecule has 4 unspecified atom stereocenters. The first-order chi connectivity index (χ1) is 5.24. The molecule has 2 bridgehead atoms. The molecule has 2 nitrogen and oxygen atoms in total. The maximum Gasteiger partial charge on any atom is 0.136 e. The molecular weight excluding hydrogens is 140 g/mol. The van der Waals surface area contributed by atoms with Crippen LogP contribution in [0.1, 0.15) is 19.8 Å². The molecule has 2 heteroatoms. The Bertz CT molecular complexity index is 186. The first kappa shape index (κ1) is 7.29. The van der Waals surface area contributed by atoms with Crippen LogP contribution < -0.4 is 0 Å². The third kappa shape index (κ3) is 0.853. The van der Waals surface area contributed by atoms with Crippen LogP contribution >= 0.6 is 0 Å². The number of Topliss-reactive ketones (excluding diaryl/α,β-unsaturated/α-hetero) is 1. The van der Waals surface area contributed by atoms with Crippen molar-refractivity contribution in [2.75, 3.05) is 6.61 Å². The van der Waals surface area contributed by atoms with Crippen LogP contribution in [0.2, 0.25) is 0 Å². The zero-order valence-corrected chi connectivity index (χ0v) is 6.79. The molecule has 2 rings (SSSR count). The lowest BCUT2D eigenvalue weighted by Crippen LogP contribution is -2.28. The van der Waals surface area contributed by atoms with Crippen LogP contribution in [0.3, 0.4) is 0 Å². The summed E-state index contributed by atoms with van der Waals surface area (Å²) in [4.78, 5) is 11.2. The molecule has 62 valence electrons.